The molecule has 0 radical (unpaired) electrons. The Bertz CT molecular complexity index is 850. The summed E-state index contributed by atoms with van der Waals surface area (Å²) in [7, 11) is 0. The van der Waals surface area contributed by atoms with E-state index in [9.17, 15) is 10.2 Å². The number of hydrogen-bond acceptors (Lipinski definition) is 5. The van der Waals surface area contributed by atoms with Crippen molar-refractivity contribution in [3.63, 3.8) is 0 Å². The monoisotopic (exact) mass is 338 g/mol. The van der Waals surface area contributed by atoms with Gasteiger partial charge in [0.1, 0.15) is 5.82 Å². The molecule has 0 saturated heterocycles. The van der Waals surface area contributed by atoms with Crippen molar-refractivity contribution in [1.82, 2.24) is 14.5 Å². The Kier molecular flexibility index (Phi) is 4.38. The minimum Gasteiger partial charge on any atom is -0.392 e. The lowest BCUT2D eigenvalue weighted by Gasteiger charge is -2.19. The molecule has 25 heavy (non-hydrogen) atoms. The Balaban J connectivity index is 1.52. The highest BCUT2D eigenvalue weighted by molar-refractivity contribution is 5.81. The average molecular weight is 338 g/mol. The summed E-state index contributed by atoms with van der Waals surface area (Å²) in [5.74, 6) is 1.05. The van der Waals surface area contributed by atoms with Crippen LogP contribution in [0.1, 0.15) is 18.4 Å². The molecular formula is C19H22N4O2. The second-order valence-electron chi connectivity index (χ2n) is 6.76. The van der Waals surface area contributed by atoms with E-state index in [-0.39, 0.29) is 12.6 Å². The third kappa shape index (κ3) is 3.36. The van der Waals surface area contributed by atoms with Gasteiger partial charge in [-0.2, -0.15) is 0 Å². The normalized spacial score (nSPS) is 23.2. The number of nitrogens with one attached hydrogen (secondary N) is 1. The van der Waals surface area contributed by atoms with Gasteiger partial charge in [0.05, 0.1) is 30.6 Å². The van der Waals surface area contributed by atoms with Gasteiger partial charge in [0.15, 0.2) is 0 Å². The molecule has 0 amide bonds. The molecule has 3 atom stereocenters. The Morgan fingerprint density at radius 1 is 1.24 bits per heavy atom. The second kappa shape index (κ2) is 6.82. The van der Waals surface area contributed by atoms with Crippen LogP contribution in [0.3, 0.4) is 0 Å². The van der Waals surface area contributed by atoms with Gasteiger partial charge in [-0.3, -0.25) is 0 Å². The zero-order valence-electron chi connectivity index (χ0n) is 13.9. The fourth-order valence-electron chi connectivity index (χ4n) is 3.70. The number of fused-ring (bicyclic) bond motifs is 1. The Morgan fingerprint density at radius 3 is 2.92 bits per heavy atom. The van der Waals surface area contributed by atoms with Gasteiger partial charge in [0.25, 0.3) is 0 Å². The molecule has 6 heteroatoms. The first kappa shape index (κ1) is 16.1. The molecule has 0 bridgehead atoms. The first-order chi connectivity index (χ1) is 12.2. The number of aromatic nitrogens is 3. The van der Waals surface area contributed by atoms with Crippen LogP contribution in [0.25, 0.3) is 10.9 Å². The first-order valence-corrected chi connectivity index (χ1v) is 8.63. The molecule has 130 valence electrons. The minimum atomic E-state index is -0.423. The van der Waals surface area contributed by atoms with Gasteiger partial charge in [-0.05, 0) is 30.9 Å². The van der Waals surface area contributed by atoms with Crippen LogP contribution in [0.2, 0.25) is 0 Å². The molecule has 1 fully saturated rings. The van der Waals surface area contributed by atoms with Gasteiger partial charge in [0, 0.05) is 29.9 Å². The third-order valence-corrected chi connectivity index (χ3v) is 4.95. The van der Waals surface area contributed by atoms with E-state index in [1.165, 1.54) is 0 Å². The van der Waals surface area contributed by atoms with Crippen LogP contribution in [0, 0.1) is 5.92 Å². The van der Waals surface area contributed by atoms with Crippen molar-refractivity contribution in [2.45, 2.75) is 38.1 Å². The molecular weight excluding hydrogens is 316 g/mol. The summed E-state index contributed by atoms with van der Waals surface area (Å²) in [5, 5.41) is 24.5. The number of imidazole rings is 1. The van der Waals surface area contributed by atoms with Crippen LogP contribution in [0.5, 0.6) is 0 Å². The van der Waals surface area contributed by atoms with Crippen LogP contribution in [-0.2, 0) is 13.2 Å². The number of aliphatic hydroxyl groups excluding tert-OH is 2. The van der Waals surface area contributed by atoms with E-state index in [2.05, 4.69) is 15.3 Å². The number of rotatable bonds is 5. The van der Waals surface area contributed by atoms with Gasteiger partial charge in [-0.15, -0.1) is 0 Å². The second-order valence-corrected chi connectivity index (χ2v) is 6.76. The van der Waals surface area contributed by atoms with Gasteiger partial charge in [-0.25, -0.2) is 9.97 Å². The number of hydrogen-bond donors (Lipinski definition) is 3. The Hall–Kier alpha value is -2.44. The van der Waals surface area contributed by atoms with E-state index in [1.807, 2.05) is 47.4 Å². The lowest BCUT2D eigenvalue weighted by atomic mass is 10.1. The summed E-state index contributed by atoms with van der Waals surface area (Å²) in [6, 6.07) is 9.73. The van der Waals surface area contributed by atoms with E-state index in [0.29, 0.717) is 11.7 Å². The fourth-order valence-corrected chi connectivity index (χ4v) is 3.70. The summed E-state index contributed by atoms with van der Waals surface area (Å²) < 4.78 is 2.05. The Labute approximate surface area is 146 Å². The molecule has 0 spiro atoms. The maximum absolute atomic E-state index is 10.4. The number of aliphatic hydroxyl groups is 2. The minimum absolute atomic E-state index is 0.0625. The summed E-state index contributed by atoms with van der Waals surface area (Å²) in [6.07, 6.45) is 6.71. The lowest BCUT2D eigenvalue weighted by Crippen LogP contribution is -2.29. The number of benzene rings is 1. The van der Waals surface area contributed by atoms with Crippen molar-refractivity contribution < 1.29 is 10.2 Å². The zero-order chi connectivity index (χ0) is 17.2. The van der Waals surface area contributed by atoms with Crippen molar-refractivity contribution in [3.05, 3.63) is 54.6 Å². The maximum atomic E-state index is 10.4. The molecule has 2 heterocycles. The van der Waals surface area contributed by atoms with Crippen LogP contribution < -0.4 is 5.32 Å². The Morgan fingerprint density at radius 2 is 2.12 bits per heavy atom. The van der Waals surface area contributed by atoms with Gasteiger partial charge in [-0.1, -0.05) is 18.2 Å². The molecule has 1 aliphatic carbocycles. The van der Waals surface area contributed by atoms with Crippen LogP contribution in [0.4, 0.5) is 5.82 Å². The van der Waals surface area contributed by atoms with E-state index in [0.717, 1.165) is 35.9 Å². The van der Waals surface area contributed by atoms with Gasteiger partial charge in [0.2, 0.25) is 0 Å². The molecule has 1 saturated carbocycles. The highest BCUT2D eigenvalue weighted by Gasteiger charge is 2.33. The third-order valence-electron chi connectivity index (χ3n) is 4.95. The molecule has 6 nitrogen and oxygen atoms in total. The van der Waals surface area contributed by atoms with Gasteiger partial charge >= 0.3 is 0 Å². The standard InChI is InChI=1S/C19H22N4O2/c24-11-15-9-14-3-1-2-4-16(14)21-19(15)22-17-7-13(8-18(17)25)10-23-6-5-20-12-23/h1-6,9,12-13,17-18,24-25H,7-8,10-11H2,(H,21,22)/t13?,17-,18-/m1/s1. The summed E-state index contributed by atoms with van der Waals surface area (Å²) in [4.78, 5) is 8.72. The first-order valence-electron chi connectivity index (χ1n) is 8.63. The largest absolute Gasteiger partial charge is 0.392 e. The van der Waals surface area contributed by atoms with Crippen molar-refractivity contribution in [2.75, 3.05) is 5.32 Å². The molecule has 3 aromatic rings. The number of anilines is 1. The van der Waals surface area contributed by atoms with Crippen LogP contribution in [0.15, 0.2) is 49.1 Å². The van der Waals surface area contributed by atoms with Crippen LogP contribution >= 0.6 is 0 Å². The lowest BCUT2D eigenvalue weighted by molar-refractivity contribution is 0.166. The number of pyridine rings is 1. The molecule has 3 N–H and O–H groups in total. The SMILES string of the molecule is OCc1cc2ccccc2nc1N[C@@H]1CC(Cn2ccnc2)C[C@H]1O. The van der Waals surface area contributed by atoms with Crippen molar-refractivity contribution in [2.24, 2.45) is 5.92 Å². The zero-order valence-corrected chi connectivity index (χ0v) is 13.9. The van der Waals surface area contributed by atoms with E-state index >= 15 is 0 Å². The van der Waals surface area contributed by atoms with E-state index in [4.69, 9.17) is 0 Å². The van der Waals surface area contributed by atoms with E-state index in [1.54, 1.807) is 6.20 Å². The maximum Gasteiger partial charge on any atom is 0.132 e. The predicted molar refractivity (Wildman–Crippen MR) is 96.0 cm³/mol. The predicted octanol–water partition coefficient (Wildman–Crippen LogP) is 2.18. The fraction of sp³-hybridized carbons (Fsp3) is 0.368. The molecule has 4 rings (SSSR count). The molecule has 1 aromatic carbocycles. The van der Waals surface area contributed by atoms with Crippen molar-refractivity contribution in [1.29, 1.82) is 0 Å². The molecule has 1 aliphatic rings. The van der Waals surface area contributed by atoms with Crippen molar-refractivity contribution >= 4 is 16.7 Å². The topological polar surface area (TPSA) is 83.2 Å². The smallest absolute Gasteiger partial charge is 0.132 e. The van der Waals surface area contributed by atoms with Crippen molar-refractivity contribution in [3.8, 4) is 0 Å². The van der Waals surface area contributed by atoms with E-state index < -0.39 is 6.10 Å². The molecule has 0 aliphatic heterocycles. The highest BCUT2D eigenvalue weighted by atomic mass is 16.3. The average Bonchev–Trinajstić information content (AvgIpc) is 3.24. The summed E-state index contributed by atoms with van der Waals surface area (Å²) >= 11 is 0. The summed E-state index contributed by atoms with van der Waals surface area (Å²) in [6.45, 7) is 0.773. The summed E-state index contributed by atoms with van der Waals surface area (Å²) in [5.41, 5.74) is 1.63. The van der Waals surface area contributed by atoms with Crippen LogP contribution in [-0.4, -0.2) is 36.9 Å². The van der Waals surface area contributed by atoms with Gasteiger partial charge < -0.3 is 20.1 Å². The molecule has 2 aromatic heterocycles. The quantitative estimate of drug-likeness (QED) is 0.664. The highest BCUT2D eigenvalue weighted by Crippen LogP contribution is 2.31. The number of nitrogens with zero attached hydrogens (tertiary/aromatic N) is 3. The molecule has 1 unspecified atom stereocenters. The number of para-hydroxylation sites is 1.